The summed E-state index contributed by atoms with van der Waals surface area (Å²) in [5, 5.41) is 3.31. The number of halogens is 2. The fourth-order valence-electron chi connectivity index (χ4n) is 3.10. The highest BCUT2D eigenvalue weighted by Crippen LogP contribution is 2.19. The smallest absolute Gasteiger partial charge is 0.236 e. The number of ether oxygens (including phenoxy) is 1. The Morgan fingerprint density at radius 1 is 1.00 bits per heavy atom. The maximum atomic E-state index is 12.1. The first kappa shape index (κ1) is 20.0. The number of hydrogen-bond acceptors (Lipinski definition) is 4. The average Bonchev–Trinajstić information content (AvgIpc) is 3.31. The number of nitrogens with one attached hydrogen (secondary N) is 1. The molecule has 1 N–H and O–H groups in total. The molecule has 3 fully saturated rings. The molecule has 7 heteroatoms. The van der Waals surface area contributed by atoms with Crippen molar-refractivity contribution in [3.05, 3.63) is 0 Å². The van der Waals surface area contributed by atoms with Gasteiger partial charge in [0, 0.05) is 52.0 Å². The number of carbonyl (C=O) groups excluding carboxylic acids is 1. The Morgan fingerprint density at radius 3 is 2.23 bits per heavy atom. The van der Waals surface area contributed by atoms with Crippen LogP contribution in [0.2, 0.25) is 0 Å². The molecule has 1 amide bonds. The third kappa shape index (κ3) is 6.20. The van der Waals surface area contributed by atoms with Gasteiger partial charge in [0.2, 0.25) is 5.91 Å². The van der Waals surface area contributed by atoms with Crippen molar-refractivity contribution >= 4 is 30.7 Å². The summed E-state index contributed by atoms with van der Waals surface area (Å²) in [6.45, 7) is 7.43. The fraction of sp³-hybridized carbons (Fsp3) is 0.933. The van der Waals surface area contributed by atoms with Crippen LogP contribution in [-0.2, 0) is 9.53 Å². The highest BCUT2D eigenvalue weighted by molar-refractivity contribution is 5.85. The van der Waals surface area contributed by atoms with Crippen molar-refractivity contribution in [1.29, 1.82) is 0 Å². The molecule has 1 saturated carbocycles. The van der Waals surface area contributed by atoms with Crippen LogP contribution in [0, 0.1) is 5.92 Å². The Hall–Kier alpha value is -0.0700. The molecule has 0 atom stereocenters. The normalized spacial score (nSPS) is 23.5. The molecule has 2 heterocycles. The minimum absolute atomic E-state index is 0. The fourth-order valence-corrected chi connectivity index (χ4v) is 3.10. The molecule has 0 radical (unpaired) electrons. The predicted molar refractivity (Wildman–Crippen MR) is 92.1 cm³/mol. The van der Waals surface area contributed by atoms with E-state index < -0.39 is 0 Å². The van der Waals surface area contributed by atoms with Gasteiger partial charge < -0.3 is 15.0 Å². The molecule has 0 unspecified atom stereocenters. The summed E-state index contributed by atoms with van der Waals surface area (Å²) in [7, 11) is 0. The lowest BCUT2D eigenvalue weighted by atomic mass is 9.99. The summed E-state index contributed by atoms with van der Waals surface area (Å²) in [4.78, 5) is 16.6. The predicted octanol–water partition coefficient (Wildman–Crippen LogP) is 1.15. The molecule has 3 aliphatic rings. The molecular weight excluding hydrogens is 325 g/mol. The third-order valence-corrected chi connectivity index (χ3v) is 4.70. The first-order chi connectivity index (χ1) is 9.81. The van der Waals surface area contributed by atoms with Crippen LogP contribution in [0.3, 0.4) is 0 Å². The lowest BCUT2D eigenvalue weighted by Gasteiger charge is -2.37. The second-order valence-electron chi connectivity index (χ2n) is 6.39. The zero-order valence-electron chi connectivity index (χ0n) is 13.2. The molecule has 2 saturated heterocycles. The van der Waals surface area contributed by atoms with Crippen LogP contribution >= 0.6 is 24.8 Å². The van der Waals surface area contributed by atoms with Crippen molar-refractivity contribution in [2.75, 3.05) is 52.5 Å². The van der Waals surface area contributed by atoms with Crippen molar-refractivity contribution in [1.82, 2.24) is 15.1 Å². The van der Waals surface area contributed by atoms with E-state index in [2.05, 4.69) is 10.2 Å². The number of amides is 1. The van der Waals surface area contributed by atoms with E-state index in [1.54, 1.807) is 0 Å². The summed E-state index contributed by atoms with van der Waals surface area (Å²) in [5.74, 6) is 1.07. The summed E-state index contributed by atoms with van der Waals surface area (Å²) < 4.78 is 5.41. The van der Waals surface area contributed by atoms with Gasteiger partial charge in [-0.3, -0.25) is 9.69 Å². The summed E-state index contributed by atoms with van der Waals surface area (Å²) in [6.07, 6.45) is 4.88. The molecule has 0 aromatic rings. The van der Waals surface area contributed by atoms with Gasteiger partial charge in [-0.2, -0.15) is 0 Å². The number of hydrogen-bond donors (Lipinski definition) is 1. The van der Waals surface area contributed by atoms with E-state index in [1.165, 1.54) is 32.2 Å². The van der Waals surface area contributed by atoms with E-state index in [1.807, 2.05) is 4.90 Å². The molecule has 0 aromatic carbocycles. The van der Waals surface area contributed by atoms with E-state index in [4.69, 9.17) is 4.74 Å². The zero-order chi connectivity index (χ0) is 13.8. The van der Waals surface area contributed by atoms with Crippen LogP contribution in [0.25, 0.3) is 0 Å². The Morgan fingerprint density at radius 2 is 1.64 bits per heavy atom. The van der Waals surface area contributed by atoms with E-state index in [-0.39, 0.29) is 30.7 Å². The van der Waals surface area contributed by atoms with Crippen molar-refractivity contribution in [3.63, 3.8) is 0 Å². The second-order valence-corrected chi connectivity index (χ2v) is 6.39. The third-order valence-electron chi connectivity index (χ3n) is 4.70. The van der Waals surface area contributed by atoms with Crippen molar-refractivity contribution in [2.24, 2.45) is 5.92 Å². The molecule has 2 aliphatic heterocycles. The second kappa shape index (κ2) is 9.93. The molecule has 0 aromatic heterocycles. The highest BCUT2D eigenvalue weighted by atomic mass is 35.5. The molecule has 1 aliphatic carbocycles. The molecule has 5 nitrogen and oxygen atoms in total. The minimum Gasteiger partial charge on any atom is -0.381 e. The number of piperazine rings is 1. The zero-order valence-corrected chi connectivity index (χ0v) is 14.8. The van der Waals surface area contributed by atoms with Gasteiger partial charge in [0.1, 0.15) is 0 Å². The van der Waals surface area contributed by atoms with Crippen LogP contribution in [0.15, 0.2) is 0 Å². The topological polar surface area (TPSA) is 44.8 Å². The first-order valence-corrected chi connectivity index (χ1v) is 8.12. The van der Waals surface area contributed by atoms with E-state index in [0.717, 1.165) is 45.3 Å². The average molecular weight is 354 g/mol. The number of nitrogens with zero attached hydrogens (tertiary/aromatic N) is 2. The molecule has 3 rings (SSSR count). The maximum absolute atomic E-state index is 12.1. The Bertz CT molecular complexity index is 329. The van der Waals surface area contributed by atoms with Gasteiger partial charge in [0.05, 0.1) is 6.54 Å². The number of rotatable bonds is 5. The summed E-state index contributed by atoms with van der Waals surface area (Å²) in [5.41, 5.74) is 0. The van der Waals surface area contributed by atoms with Gasteiger partial charge in [-0.1, -0.05) is 0 Å². The van der Waals surface area contributed by atoms with E-state index >= 15 is 0 Å². The molecule has 0 bridgehead atoms. The largest absolute Gasteiger partial charge is 0.381 e. The van der Waals surface area contributed by atoms with Crippen LogP contribution in [-0.4, -0.2) is 74.2 Å². The van der Waals surface area contributed by atoms with Crippen molar-refractivity contribution in [3.8, 4) is 0 Å². The van der Waals surface area contributed by atoms with E-state index in [9.17, 15) is 4.79 Å². The number of carbonyl (C=O) groups is 1. The van der Waals surface area contributed by atoms with Gasteiger partial charge in [-0.05, 0) is 31.6 Å². The van der Waals surface area contributed by atoms with Crippen LogP contribution in [0.4, 0.5) is 0 Å². The Labute approximate surface area is 145 Å². The van der Waals surface area contributed by atoms with Crippen molar-refractivity contribution < 1.29 is 9.53 Å². The molecule has 22 heavy (non-hydrogen) atoms. The first-order valence-electron chi connectivity index (χ1n) is 8.12. The molecule has 0 spiro atoms. The van der Waals surface area contributed by atoms with E-state index in [0.29, 0.717) is 12.6 Å². The van der Waals surface area contributed by atoms with Crippen LogP contribution < -0.4 is 5.32 Å². The van der Waals surface area contributed by atoms with Gasteiger partial charge in [-0.25, -0.2) is 0 Å². The lowest BCUT2D eigenvalue weighted by Crippen LogP contribution is -2.52. The minimum atomic E-state index is 0. The lowest BCUT2D eigenvalue weighted by molar-refractivity contribution is -0.132. The van der Waals surface area contributed by atoms with Gasteiger partial charge in [0.25, 0.3) is 0 Å². The van der Waals surface area contributed by atoms with Gasteiger partial charge in [0.15, 0.2) is 0 Å². The summed E-state index contributed by atoms with van der Waals surface area (Å²) in [6, 6.07) is 0.619. The van der Waals surface area contributed by atoms with Crippen LogP contribution in [0.1, 0.15) is 25.7 Å². The monoisotopic (exact) mass is 353 g/mol. The standard InChI is InChI=1S/C15H27N3O2.2ClH/c19-15(11-16-14-1-2-14)18-7-5-17(6-8-18)12-13-3-9-20-10-4-13;;/h13-14,16H,1-12H2;2*1H. The summed E-state index contributed by atoms with van der Waals surface area (Å²) >= 11 is 0. The van der Waals surface area contributed by atoms with Crippen LogP contribution in [0.5, 0.6) is 0 Å². The Balaban J connectivity index is 0.00000121. The van der Waals surface area contributed by atoms with Gasteiger partial charge in [-0.15, -0.1) is 24.8 Å². The van der Waals surface area contributed by atoms with Crippen molar-refractivity contribution in [2.45, 2.75) is 31.7 Å². The van der Waals surface area contributed by atoms with Gasteiger partial charge >= 0.3 is 0 Å². The maximum Gasteiger partial charge on any atom is 0.236 e. The molecule has 130 valence electrons. The highest BCUT2D eigenvalue weighted by Gasteiger charge is 2.26. The SMILES string of the molecule is Cl.Cl.O=C(CNC1CC1)N1CCN(CC2CCOCC2)CC1. The quantitative estimate of drug-likeness (QED) is 0.805. The molecular formula is C15H29Cl2N3O2. The Kier molecular flexibility index (Phi) is 9.02.